The summed E-state index contributed by atoms with van der Waals surface area (Å²) in [6, 6.07) is 12.3. The molecule has 1 N–H and O–H groups in total. The van der Waals surface area contributed by atoms with E-state index in [1.165, 1.54) is 32.9 Å². The quantitative estimate of drug-likeness (QED) is 0.520. The number of carbonyl (C=O) groups excluding carboxylic acids is 1. The zero-order valence-corrected chi connectivity index (χ0v) is 20.5. The minimum atomic E-state index is -3.59. The molecule has 2 aromatic rings. The molecule has 0 atom stereocenters. The molecule has 0 spiro atoms. The summed E-state index contributed by atoms with van der Waals surface area (Å²) in [5.74, 6) is 0.0995. The maximum Gasteiger partial charge on any atom is 0.251 e. The average molecular weight is 508 g/mol. The van der Waals surface area contributed by atoms with Crippen LogP contribution in [0.15, 0.2) is 58.3 Å². The van der Waals surface area contributed by atoms with Crippen molar-refractivity contribution in [1.29, 1.82) is 0 Å². The summed E-state index contributed by atoms with van der Waals surface area (Å²) in [4.78, 5) is 12.8. The van der Waals surface area contributed by atoms with Crippen molar-refractivity contribution in [3.63, 3.8) is 0 Å². The molecule has 2 heterocycles. The molecule has 0 radical (unpaired) electrons. The van der Waals surface area contributed by atoms with Gasteiger partial charge >= 0.3 is 0 Å². The van der Waals surface area contributed by atoms with Gasteiger partial charge in [0, 0.05) is 31.7 Å². The Morgan fingerprint density at radius 2 is 1.35 bits per heavy atom. The summed E-state index contributed by atoms with van der Waals surface area (Å²) in [5.41, 5.74) is 0.261. The molecule has 0 aliphatic carbocycles. The Morgan fingerprint density at radius 1 is 0.794 bits per heavy atom. The SMILES string of the molecule is O=C(NCCOc1ccc(S(=O)(=O)N2CCCC2)cc1)c1cccc(S(=O)(=O)N2CCCC2)c1. The fraction of sp³-hybridized carbons (Fsp3) is 0.435. The molecule has 4 rings (SSSR count). The van der Waals surface area contributed by atoms with E-state index < -0.39 is 26.0 Å². The summed E-state index contributed by atoms with van der Waals surface area (Å²) in [7, 11) is -7.06. The van der Waals surface area contributed by atoms with Crippen LogP contribution in [0.4, 0.5) is 0 Å². The molecule has 2 fully saturated rings. The number of nitrogens with one attached hydrogen (secondary N) is 1. The monoisotopic (exact) mass is 507 g/mol. The molecule has 0 saturated carbocycles. The van der Waals surface area contributed by atoms with E-state index in [1.807, 2.05) is 0 Å². The smallest absolute Gasteiger partial charge is 0.251 e. The summed E-state index contributed by atoms with van der Waals surface area (Å²) in [6.45, 7) is 2.48. The molecule has 0 aromatic heterocycles. The van der Waals surface area contributed by atoms with Crippen LogP contribution in [0.3, 0.4) is 0 Å². The molecule has 34 heavy (non-hydrogen) atoms. The Balaban J connectivity index is 1.28. The molecule has 2 aromatic carbocycles. The Labute approximate surface area is 200 Å². The topological polar surface area (TPSA) is 113 Å². The average Bonchev–Trinajstić information content (AvgIpc) is 3.57. The highest BCUT2D eigenvalue weighted by Gasteiger charge is 2.28. The molecule has 0 unspecified atom stereocenters. The molecular weight excluding hydrogens is 478 g/mol. The Morgan fingerprint density at radius 3 is 1.94 bits per heavy atom. The van der Waals surface area contributed by atoms with Gasteiger partial charge in [0.05, 0.1) is 16.3 Å². The van der Waals surface area contributed by atoms with Crippen molar-refractivity contribution < 1.29 is 26.4 Å². The lowest BCUT2D eigenvalue weighted by molar-refractivity contribution is 0.0946. The fourth-order valence-corrected chi connectivity index (χ4v) is 7.18. The van der Waals surface area contributed by atoms with Crippen LogP contribution in [0.2, 0.25) is 0 Å². The van der Waals surface area contributed by atoms with Crippen LogP contribution in [0, 0.1) is 0 Å². The zero-order valence-electron chi connectivity index (χ0n) is 18.9. The lowest BCUT2D eigenvalue weighted by Gasteiger charge is -2.16. The van der Waals surface area contributed by atoms with Crippen molar-refractivity contribution in [2.45, 2.75) is 35.5 Å². The van der Waals surface area contributed by atoms with Crippen molar-refractivity contribution in [2.75, 3.05) is 39.3 Å². The van der Waals surface area contributed by atoms with Crippen LogP contribution in [-0.2, 0) is 20.0 Å². The van der Waals surface area contributed by atoms with Crippen molar-refractivity contribution in [3.8, 4) is 5.75 Å². The maximum absolute atomic E-state index is 12.7. The van der Waals surface area contributed by atoms with Crippen molar-refractivity contribution in [3.05, 3.63) is 54.1 Å². The van der Waals surface area contributed by atoms with Gasteiger partial charge < -0.3 is 10.1 Å². The number of nitrogens with zero attached hydrogens (tertiary/aromatic N) is 2. The van der Waals surface area contributed by atoms with Gasteiger partial charge in [-0.25, -0.2) is 16.8 Å². The summed E-state index contributed by atoms with van der Waals surface area (Å²) in [5, 5.41) is 2.72. The molecule has 0 bridgehead atoms. The molecule has 1 amide bonds. The normalized spacial score (nSPS) is 17.6. The zero-order chi connectivity index (χ0) is 24.2. The van der Waals surface area contributed by atoms with E-state index in [-0.39, 0.29) is 28.5 Å². The van der Waals surface area contributed by atoms with E-state index >= 15 is 0 Å². The first kappa shape index (κ1) is 24.6. The van der Waals surface area contributed by atoms with Crippen LogP contribution in [0.25, 0.3) is 0 Å². The van der Waals surface area contributed by atoms with Gasteiger partial charge in [0.15, 0.2) is 0 Å². The number of amides is 1. The van der Waals surface area contributed by atoms with Crippen molar-refractivity contribution in [2.24, 2.45) is 0 Å². The second kappa shape index (κ2) is 10.4. The first-order valence-corrected chi connectivity index (χ1v) is 14.3. The number of rotatable bonds is 9. The van der Waals surface area contributed by atoms with E-state index in [9.17, 15) is 21.6 Å². The molecule has 2 aliphatic rings. The molecule has 11 heteroatoms. The van der Waals surface area contributed by atoms with Gasteiger partial charge in [0.1, 0.15) is 12.4 Å². The highest BCUT2D eigenvalue weighted by molar-refractivity contribution is 7.89. The van der Waals surface area contributed by atoms with Gasteiger partial charge in [0.2, 0.25) is 20.0 Å². The molecule has 9 nitrogen and oxygen atoms in total. The summed E-state index contributed by atoms with van der Waals surface area (Å²) >= 11 is 0. The molecular formula is C23H29N3O6S2. The third kappa shape index (κ3) is 5.43. The van der Waals surface area contributed by atoms with Gasteiger partial charge in [-0.2, -0.15) is 8.61 Å². The lowest BCUT2D eigenvalue weighted by atomic mass is 10.2. The fourth-order valence-electron chi connectivity index (χ4n) is 4.10. The summed E-state index contributed by atoms with van der Waals surface area (Å²) < 4.78 is 59.1. The van der Waals surface area contributed by atoms with E-state index in [1.54, 1.807) is 24.3 Å². The highest BCUT2D eigenvalue weighted by Crippen LogP contribution is 2.23. The van der Waals surface area contributed by atoms with E-state index in [0.29, 0.717) is 31.9 Å². The Bertz CT molecular complexity index is 1220. The second-order valence-corrected chi connectivity index (χ2v) is 12.2. The number of carbonyl (C=O) groups is 1. The standard InChI is InChI=1S/C23H29N3O6S2/c27-23(19-6-5-7-22(18-19)34(30,31)26-15-3-4-16-26)24-12-17-32-20-8-10-21(11-9-20)33(28,29)25-13-1-2-14-25/h5-11,18H,1-4,12-17H2,(H,24,27). The van der Waals surface area contributed by atoms with Gasteiger partial charge in [-0.3, -0.25) is 4.79 Å². The van der Waals surface area contributed by atoms with Crippen LogP contribution >= 0.6 is 0 Å². The molecule has 184 valence electrons. The van der Waals surface area contributed by atoms with Crippen molar-refractivity contribution in [1.82, 2.24) is 13.9 Å². The minimum absolute atomic E-state index is 0.113. The Kier molecular flexibility index (Phi) is 7.56. The third-order valence-corrected chi connectivity index (χ3v) is 9.79. The first-order chi connectivity index (χ1) is 16.3. The van der Waals surface area contributed by atoms with Gasteiger partial charge in [-0.05, 0) is 68.1 Å². The minimum Gasteiger partial charge on any atom is -0.492 e. The predicted molar refractivity (Wildman–Crippen MR) is 127 cm³/mol. The number of ether oxygens (including phenoxy) is 1. The first-order valence-electron chi connectivity index (χ1n) is 11.4. The largest absolute Gasteiger partial charge is 0.492 e. The second-order valence-electron chi connectivity index (χ2n) is 8.33. The highest BCUT2D eigenvalue weighted by atomic mass is 32.2. The third-order valence-electron chi connectivity index (χ3n) is 5.98. The summed E-state index contributed by atoms with van der Waals surface area (Å²) in [6.07, 6.45) is 3.45. The van der Waals surface area contributed by atoms with Gasteiger partial charge in [-0.1, -0.05) is 6.07 Å². The van der Waals surface area contributed by atoms with E-state index in [4.69, 9.17) is 4.74 Å². The number of hydrogen-bond donors (Lipinski definition) is 1. The number of hydrogen-bond acceptors (Lipinski definition) is 6. The predicted octanol–water partition coefficient (Wildman–Crippen LogP) is 2.06. The maximum atomic E-state index is 12.7. The lowest BCUT2D eigenvalue weighted by Crippen LogP contribution is -2.30. The van der Waals surface area contributed by atoms with Crippen LogP contribution in [0.1, 0.15) is 36.0 Å². The van der Waals surface area contributed by atoms with E-state index in [0.717, 1.165) is 25.7 Å². The van der Waals surface area contributed by atoms with E-state index in [2.05, 4.69) is 5.32 Å². The van der Waals surface area contributed by atoms with Gasteiger partial charge in [-0.15, -0.1) is 0 Å². The number of sulfonamides is 2. The van der Waals surface area contributed by atoms with Crippen molar-refractivity contribution >= 4 is 26.0 Å². The van der Waals surface area contributed by atoms with Gasteiger partial charge in [0.25, 0.3) is 5.91 Å². The molecule has 2 saturated heterocycles. The van der Waals surface area contributed by atoms with Crippen LogP contribution in [-0.4, -0.2) is 70.7 Å². The van der Waals surface area contributed by atoms with Crippen LogP contribution in [0.5, 0.6) is 5.75 Å². The number of benzene rings is 2. The molecule has 2 aliphatic heterocycles. The van der Waals surface area contributed by atoms with Crippen LogP contribution < -0.4 is 10.1 Å². The Hall–Kier alpha value is -2.47.